The van der Waals surface area contributed by atoms with Crippen LogP contribution in [0.2, 0.25) is 0 Å². The van der Waals surface area contributed by atoms with Gasteiger partial charge in [-0.05, 0) is 63.1 Å². The summed E-state index contributed by atoms with van der Waals surface area (Å²) in [5.74, 6) is -0.696. The molecule has 4 rings (SSSR count). The number of nitrogens with one attached hydrogen (secondary N) is 1. The molecule has 0 saturated carbocycles. The maximum atomic E-state index is 13.5. The van der Waals surface area contributed by atoms with Crippen molar-refractivity contribution >= 4 is 34.1 Å². The van der Waals surface area contributed by atoms with Crippen LogP contribution in [-0.2, 0) is 17.6 Å². The lowest BCUT2D eigenvalue weighted by atomic mass is 9.93. The first-order chi connectivity index (χ1) is 14.4. The molecule has 0 spiro atoms. The standard InChI is InChI=1S/C23H27N3O3S/c1-14-6-8-16(9-7-14)21(28)25-22-19(17-4-2-3-5-18(17)30-22)23(29)26-12-10-15(11-13-26)20(24)27/h6-9,15H,2-5,10-13H2,1H3,(H2,24,27)(H,25,28). The Bertz CT molecular complexity index is 972. The van der Waals surface area contributed by atoms with Gasteiger partial charge >= 0.3 is 0 Å². The molecule has 6 nitrogen and oxygen atoms in total. The number of nitrogens with zero attached hydrogens (tertiary/aromatic N) is 1. The minimum Gasteiger partial charge on any atom is -0.369 e. The number of benzene rings is 1. The first-order valence-corrected chi connectivity index (χ1v) is 11.4. The Kier molecular flexibility index (Phi) is 5.90. The van der Waals surface area contributed by atoms with Crippen LogP contribution in [-0.4, -0.2) is 35.7 Å². The molecule has 3 amide bonds. The van der Waals surface area contributed by atoms with Crippen molar-refractivity contribution in [3.05, 3.63) is 51.4 Å². The first kappa shape index (κ1) is 20.6. The summed E-state index contributed by atoms with van der Waals surface area (Å²) in [7, 11) is 0. The van der Waals surface area contributed by atoms with E-state index in [0.29, 0.717) is 42.1 Å². The largest absolute Gasteiger partial charge is 0.369 e. The molecule has 2 heterocycles. The van der Waals surface area contributed by atoms with Gasteiger partial charge in [-0.15, -0.1) is 11.3 Å². The van der Waals surface area contributed by atoms with Gasteiger partial charge in [0.2, 0.25) is 5.91 Å². The summed E-state index contributed by atoms with van der Waals surface area (Å²) in [5, 5.41) is 3.66. The summed E-state index contributed by atoms with van der Waals surface area (Å²) in [4.78, 5) is 40.7. The van der Waals surface area contributed by atoms with Gasteiger partial charge in [0.05, 0.1) is 5.56 Å². The average molecular weight is 426 g/mol. The van der Waals surface area contributed by atoms with E-state index >= 15 is 0 Å². The van der Waals surface area contributed by atoms with Crippen LogP contribution >= 0.6 is 11.3 Å². The van der Waals surface area contributed by atoms with Crippen LogP contribution < -0.4 is 11.1 Å². The third-order valence-electron chi connectivity index (χ3n) is 6.11. The Balaban J connectivity index is 1.59. The number of hydrogen-bond donors (Lipinski definition) is 2. The molecule has 0 bridgehead atoms. The van der Waals surface area contributed by atoms with Gasteiger partial charge in [0.15, 0.2) is 0 Å². The molecule has 1 saturated heterocycles. The molecular formula is C23H27N3O3S. The normalized spacial score (nSPS) is 16.8. The number of nitrogens with two attached hydrogens (primary N) is 1. The predicted octanol–water partition coefficient (Wildman–Crippen LogP) is 3.53. The number of rotatable bonds is 4. The lowest BCUT2D eigenvalue weighted by Gasteiger charge is -2.31. The van der Waals surface area contributed by atoms with Crippen LogP contribution in [0.25, 0.3) is 0 Å². The van der Waals surface area contributed by atoms with E-state index in [4.69, 9.17) is 5.73 Å². The summed E-state index contributed by atoms with van der Waals surface area (Å²) < 4.78 is 0. The van der Waals surface area contributed by atoms with Crippen LogP contribution in [0.4, 0.5) is 5.00 Å². The number of carbonyl (C=O) groups is 3. The second kappa shape index (κ2) is 8.60. The SMILES string of the molecule is Cc1ccc(C(=O)Nc2sc3c(c2C(=O)N2CCC(C(N)=O)CC2)CCCC3)cc1. The van der Waals surface area contributed by atoms with E-state index in [1.165, 1.54) is 16.2 Å². The van der Waals surface area contributed by atoms with Crippen LogP contribution in [0.15, 0.2) is 24.3 Å². The Hall–Kier alpha value is -2.67. The first-order valence-electron chi connectivity index (χ1n) is 10.5. The molecule has 1 aromatic carbocycles. The van der Waals surface area contributed by atoms with Crippen molar-refractivity contribution in [2.45, 2.75) is 45.4 Å². The molecule has 1 aliphatic carbocycles. The summed E-state index contributed by atoms with van der Waals surface area (Å²) in [6.45, 7) is 3.01. The molecule has 2 aliphatic rings. The van der Waals surface area contributed by atoms with E-state index in [1.807, 2.05) is 19.1 Å². The zero-order valence-electron chi connectivity index (χ0n) is 17.2. The Morgan fingerprint density at radius 1 is 1.07 bits per heavy atom. The zero-order chi connectivity index (χ0) is 21.3. The van der Waals surface area contributed by atoms with E-state index < -0.39 is 0 Å². The predicted molar refractivity (Wildman–Crippen MR) is 118 cm³/mol. The molecule has 0 unspecified atom stereocenters. The van der Waals surface area contributed by atoms with Gasteiger partial charge in [-0.3, -0.25) is 14.4 Å². The Morgan fingerprint density at radius 3 is 2.40 bits per heavy atom. The van der Waals surface area contributed by atoms with Crippen molar-refractivity contribution in [3.63, 3.8) is 0 Å². The molecule has 30 heavy (non-hydrogen) atoms. The maximum Gasteiger partial charge on any atom is 0.257 e. The van der Waals surface area contributed by atoms with Gasteiger partial charge < -0.3 is 16.0 Å². The highest BCUT2D eigenvalue weighted by Gasteiger charge is 2.32. The second-order valence-electron chi connectivity index (χ2n) is 8.20. The number of amides is 3. The van der Waals surface area contributed by atoms with E-state index in [-0.39, 0.29) is 23.6 Å². The summed E-state index contributed by atoms with van der Waals surface area (Å²) >= 11 is 1.53. The van der Waals surface area contributed by atoms with Crippen molar-refractivity contribution in [2.75, 3.05) is 18.4 Å². The van der Waals surface area contributed by atoms with Crippen molar-refractivity contribution in [2.24, 2.45) is 11.7 Å². The molecule has 158 valence electrons. The average Bonchev–Trinajstić information content (AvgIpc) is 3.11. The van der Waals surface area contributed by atoms with Crippen LogP contribution in [0.3, 0.4) is 0 Å². The Labute approximate surface area is 180 Å². The van der Waals surface area contributed by atoms with E-state index in [1.54, 1.807) is 17.0 Å². The van der Waals surface area contributed by atoms with Gasteiger partial charge in [-0.1, -0.05) is 17.7 Å². The summed E-state index contributed by atoms with van der Waals surface area (Å²) in [5.41, 5.74) is 8.83. The van der Waals surface area contributed by atoms with Crippen molar-refractivity contribution < 1.29 is 14.4 Å². The van der Waals surface area contributed by atoms with Gasteiger partial charge in [-0.25, -0.2) is 0 Å². The fraction of sp³-hybridized carbons (Fsp3) is 0.435. The van der Waals surface area contributed by atoms with Gasteiger partial charge in [0.25, 0.3) is 11.8 Å². The topological polar surface area (TPSA) is 92.5 Å². The molecule has 0 atom stereocenters. The van der Waals surface area contributed by atoms with Gasteiger partial charge in [0.1, 0.15) is 5.00 Å². The number of thiophene rings is 1. The Morgan fingerprint density at radius 2 is 1.73 bits per heavy atom. The van der Waals surface area contributed by atoms with Crippen LogP contribution in [0.1, 0.15) is 62.4 Å². The number of hydrogen-bond acceptors (Lipinski definition) is 4. The summed E-state index contributed by atoms with van der Waals surface area (Å²) in [6.07, 6.45) is 5.17. The second-order valence-corrected chi connectivity index (χ2v) is 9.31. The number of fused-ring (bicyclic) bond motifs is 1. The van der Waals surface area contributed by atoms with Crippen molar-refractivity contribution in [1.82, 2.24) is 4.90 Å². The lowest BCUT2D eigenvalue weighted by Crippen LogP contribution is -2.42. The number of likely N-dealkylation sites (tertiary alicyclic amines) is 1. The number of aryl methyl sites for hydroxylation is 2. The molecule has 7 heteroatoms. The zero-order valence-corrected chi connectivity index (χ0v) is 18.0. The fourth-order valence-corrected chi connectivity index (χ4v) is 5.56. The molecular weight excluding hydrogens is 398 g/mol. The van der Waals surface area contributed by atoms with E-state index in [2.05, 4.69) is 5.32 Å². The smallest absolute Gasteiger partial charge is 0.257 e. The third-order valence-corrected chi connectivity index (χ3v) is 7.32. The highest BCUT2D eigenvalue weighted by molar-refractivity contribution is 7.17. The van der Waals surface area contributed by atoms with Crippen LogP contribution in [0.5, 0.6) is 0 Å². The minimum atomic E-state index is -0.291. The van der Waals surface area contributed by atoms with Crippen LogP contribution in [0, 0.1) is 12.8 Å². The fourth-order valence-electron chi connectivity index (χ4n) is 4.29. The molecule has 1 aliphatic heterocycles. The number of carbonyl (C=O) groups excluding carboxylic acids is 3. The molecule has 3 N–H and O–H groups in total. The monoisotopic (exact) mass is 425 g/mol. The molecule has 1 aromatic heterocycles. The van der Waals surface area contributed by atoms with E-state index in [9.17, 15) is 14.4 Å². The molecule has 0 radical (unpaired) electrons. The third kappa shape index (κ3) is 4.12. The number of anilines is 1. The summed E-state index contributed by atoms with van der Waals surface area (Å²) in [6, 6.07) is 7.41. The van der Waals surface area contributed by atoms with Crippen molar-refractivity contribution in [3.8, 4) is 0 Å². The molecule has 2 aromatic rings. The number of piperidine rings is 1. The van der Waals surface area contributed by atoms with Crippen molar-refractivity contribution in [1.29, 1.82) is 0 Å². The highest BCUT2D eigenvalue weighted by Crippen LogP contribution is 2.39. The number of primary amides is 1. The minimum absolute atomic E-state index is 0.0449. The van der Waals surface area contributed by atoms with E-state index in [0.717, 1.165) is 36.8 Å². The van der Waals surface area contributed by atoms with Gasteiger partial charge in [0, 0.05) is 29.4 Å². The quantitative estimate of drug-likeness (QED) is 0.785. The van der Waals surface area contributed by atoms with Gasteiger partial charge in [-0.2, -0.15) is 0 Å². The lowest BCUT2D eigenvalue weighted by molar-refractivity contribution is -0.123. The molecule has 1 fully saturated rings. The maximum absolute atomic E-state index is 13.5. The highest BCUT2D eigenvalue weighted by atomic mass is 32.1.